The van der Waals surface area contributed by atoms with Gasteiger partial charge in [0.25, 0.3) is 0 Å². The van der Waals surface area contributed by atoms with Crippen LogP contribution >= 0.6 is 19.9 Å². The molecule has 1 atom stereocenters. The van der Waals surface area contributed by atoms with Crippen LogP contribution in [0.3, 0.4) is 0 Å². The van der Waals surface area contributed by atoms with Crippen LogP contribution in [0.2, 0.25) is 0 Å². The maximum Gasteiger partial charge on any atom is 0.444 e. The fourth-order valence-corrected chi connectivity index (χ4v) is 3.89. The Balaban J connectivity index is 1.75. The van der Waals surface area contributed by atoms with Gasteiger partial charge in [-0.2, -0.15) is 4.98 Å². The second-order valence-electron chi connectivity index (χ2n) is 5.23. The number of hydrogen-bond acceptors (Lipinski definition) is 8. The number of aliphatic hydroxyl groups excluding tert-OH is 1. The van der Waals surface area contributed by atoms with E-state index in [9.17, 15) is 14.6 Å². The highest BCUT2D eigenvalue weighted by atomic mass is 32.2. The van der Waals surface area contributed by atoms with Crippen molar-refractivity contribution >= 4 is 42.3 Å². The molecule has 0 radical (unpaired) electrons. The van der Waals surface area contributed by atoms with Crippen molar-refractivity contribution in [1.82, 2.24) is 19.8 Å². The van der Waals surface area contributed by atoms with Crippen molar-refractivity contribution in [3.8, 4) is 0 Å². The lowest BCUT2D eigenvalue weighted by atomic mass is 10.1. The Morgan fingerprint density at radius 2 is 2.24 bits per heavy atom. The molecule has 0 bridgehead atoms. The van der Waals surface area contributed by atoms with E-state index in [1.807, 2.05) is 0 Å². The molecular weight excluding hydrogens is 363 g/mol. The normalized spacial score (nSPS) is 16.7. The zero-order valence-corrected chi connectivity index (χ0v) is 14.5. The third-order valence-electron chi connectivity index (χ3n) is 3.65. The smallest absolute Gasteiger partial charge is 0.444 e. The quantitative estimate of drug-likeness (QED) is 0.531. The second-order valence-corrected chi connectivity index (χ2v) is 7.02. The predicted molar refractivity (Wildman–Crippen MR) is 92.2 cm³/mol. The van der Waals surface area contributed by atoms with Crippen LogP contribution < -0.4 is 10.2 Å². The van der Waals surface area contributed by atoms with Crippen LogP contribution in [0.1, 0.15) is 17.3 Å². The van der Waals surface area contributed by atoms with Gasteiger partial charge in [-0.3, -0.25) is 0 Å². The molecule has 126 valence electrons. The Hall–Kier alpha value is -2.61. The molecule has 8 nitrogen and oxygen atoms in total. The third-order valence-corrected chi connectivity index (χ3v) is 5.22. The molecule has 3 aromatic rings. The molecule has 1 aromatic carbocycles. The zero-order valence-electron chi connectivity index (χ0n) is 12.8. The van der Waals surface area contributed by atoms with E-state index in [4.69, 9.17) is 4.52 Å². The molecule has 1 aliphatic rings. The first-order valence-corrected chi connectivity index (χ1v) is 9.18. The van der Waals surface area contributed by atoms with Crippen LogP contribution in [-0.2, 0) is 4.57 Å². The van der Waals surface area contributed by atoms with Crippen molar-refractivity contribution < 1.29 is 19.1 Å². The van der Waals surface area contributed by atoms with E-state index >= 15 is 0 Å². The SMILES string of the molecule is Cc1nc(C2=CSC(=C(O)c3cn([P+](=O)[O-])c4ccccc34)N2)no1. The standard InChI is InChI=1S/C15H11N4O4PS/c1-8-16-14(18-23-8)11-7-25-15(17-11)13(20)10-6-19(24(21)22)12-5-3-2-4-9(10)12/h2-7,17,20H,1H3. The summed E-state index contributed by atoms with van der Waals surface area (Å²) in [5.41, 5.74) is 1.52. The predicted octanol–water partition coefficient (Wildman–Crippen LogP) is 2.72. The first-order valence-electron chi connectivity index (χ1n) is 7.17. The molecule has 0 saturated heterocycles. The first kappa shape index (κ1) is 15.9. The van der Waals surface area contributed by atoms with Gasteiger partial charge in [-0.15, -0.1) is 4.34 Å². The Labute approximate surface area is 146 Å². The number of nitrogens with zero attached hydrogens (tertiary/aromatic N) is 3. The molecule has 0 spiro atoms. The Morgan fingerprint density at radius 3 is 2.96 bits per heavy atom. The van der Waals surface area contributed by atoms with Crippen LogP contribution in [0.5, 0.6) is 0 Å². The van der Waals surface area contributed by atoms with Crippen molar-refractivity contribution in [2.75, 3.05) is 0 Å². The monoisotopic (exact) mass is 374 g/mol. The molecule has 10 heteroatoms. The van der Waals surface area contributed by atoms with Crippen molar-refractivity contribution in [3.63, 3.8) is 0 Å². The minimum Gasteiger partial charge on any atom is -0.573 e. The van der Waals surface area contributed by atoms with Crippen LogP contribution in [0, 0.1) is 6.92 Å². The van der Waals surface area contributed by atoms with E-state index in [0.29, 0.717) is 38.9 Å². The van der Waals surface area contributed by atoms with E-state index in [0.717, 1.165) is 4.34 Å². The van der Waals surface area contributed by atoms with Crippen LogP contribution in [0.15, 0.2) is 45.4 Å². The second kappa shape index (κ2) is 6.03. The topological polar surface area (TPSA) is 116 Å². The number of benzene rings is 1. The molecule has 1 aliphatic heterocycles. The highest BCUT2D eigenvalue weighted by molar-refractivity contribution is 8.06. The minimum atomic E-state index is -2.84. The number of aliphatic hydroxyl groups is 1. The average Bonchev–Trinajstić information content (AvgIpc) is 3.31. The van der Waals surface area contributed by atoms with Gasteiger partial charge in [-0.05, 0) is 10.6 Å². The summed E-state index contributed by atoms with van der Waals surface area (Å²) in [7, 11) is -2.84. The summed E-state index contributed by atoms with van der Waals surface area (Å²) in [6.45, 7) is 1.69. The van der Waals surface area contributed by atoms with Gasteiger partial charge in [0, 0.05) is 23.3 Å². The molecule has 0 amide bonds. The van der Waals surface area contributed by atoms with E-state index in [1.54, 1.807) is 36.6 Å². The van der Waals surface area contributed by atoms with Gasteiger partial charge in [0.2, 0.25) is 11.7 Å². The lowest BCUT2D eigenvalue weighted by Gasteiger charge is -2.05. The van der Waals surface area contributed by atoms with Crippen molar-refractivity contribution in [2.45, 2.75) is 6.92 Å². The van der Waals surface area contributed by atoms with Crippen LogP contribution in [0.4, 0.5) is 0 Å². The van der Waals surface area contributed by atoms with E-state index in [1.165, 1.54) is 18.0 Å². The summed E-state index contributed by atoms with van der Waals surface area (Å²) in [6.07, 6.45) is 1.40. The molecule has 4 rings (SSSR count). The summed E-state index contributed by atoms with van der Waals surface area (Å²) >= 11 is 1.26. The number of nitrogens with one attached hydrogen (secondary N) is 1. The van der Waals surface area contributed by atoms with Crippen molar-refractivity contribution in [2.24, 2.45) is 0 Å². The number of thioether (sulfide) groups is 1. The molecule has 25 heavy (non-hydrogen) atoms. The van der Waals surface area contributed by atoms with Crippen molar-refractivity contribution in [3.05, 3.63) is 58.2 Å². The highest BCUT2D eigenvalue weighted by Gasteiger charge is 2.24. The van der Waals surface area contributed by atoms with Gasteiger partial charge in [0.15, 0.2) is 5.76 Å². The third kappa shape index (κ3) is 2.72. The number of rotatable bonds is 3. The molecular formula is C15H11N4O4PS. The summed E-state index contributed by atoms with van der Waals surface area (Å²) in [4.78, 5) is 15.6. The molecule has 1 unspecified atom stereocenters. The lowest BCUT2D eigenvalue weighted by Crippen LogP contribution is -2.07. The Kier molecular flexibility index (Phi) is 3.84. The van der Waals surface area contributed by atoms with Crippen LogP contribution in [-0.4, -0.2) is 19.6 Å². The Morgan fingerprint density at radius 1 is 1.44 bits per heavy atom. The van der Waals surface area contributed by atoms with Gasteiger partial charge in [-0.25, -0.2) is 0 Å². The number of aromatic nitrogens is 3. The minimum absolute atomic E-state index is 0.0525. The summed E-state index contributed by atoms with van der Waals surface area (Å²) in [6, 6.07) is 6.97. The average molecular weight is 374 g/mol. The number of fused-ring (bicyclic) bond motifs is 1. The fourth-order valence-electron chi connectivity index (χ4n) is 2.54. The summed E-state index contributed by atoms with van der Waals surface area (Å²) in [5, 5.41) is 20.4. The highest BCUT2D eigenvalue weighted by Crippen LogP contribution is 2.37. The van der Waals surface area contributed by atoms with Gasteiger partial charge < -0.3 is 19.8 Å². The zero-order chi connectivity index (χ0) is 17.6. The van der Waals surface area contributed by atoms with Crippen LogP contribution in [0.25, 0.3) is 22.4 Å². The molecule has 2 N–H and O–H groups in total. The van der Waals surface area contributed by atoms with E-state index < -0.39 is 8.18 Å². The van der Waals surface area contributed by atoms with Gasteiger partial charge in [0.1, 0.15) is 5.03 Å². The molecule has 2 aromatic heterocycles. The van der Waals surface area contributed by atoms with Gasteiger partial charge >= 0.3 is 8.18 Å². The summed E-state index contributed by atoms with van der Waals surface area (Å²) < 4.78 is 17.5. The maximum absolute atomic E-state index is 11.5. The molecule has 3 heterocycles. The molecule has 0 fully saturated rings. The van der Waals surface area contributed by atoms with E-state index in [2.05, 4.69) is 15.5 Å². The number of hydrogen-bond donors (Lipinski definition) is 2. The summed E-state index contributed by atoms with van der Waals surface area (Å²) in [5.74, 6) is 0.771. The maximum atomic E-state index is 11.5. The van der Waals surface area contributed by atoms with Gasteiger partial charge in [-0.1, -0.05) is 35.1 Å². The number of para-hydroxylation sites is 1. The van der Waals surface area contributed by atoms with E-state index in [-0.39, 0.29) is 5.76 Å². The molecule has 0 saturated carbocycles. The van der Waals surface area contributed by atoms with Crippen molar-refractivity contribution in [1.29, 1.82) is 0 Å². The number of aryl methyl sites for hydroxylation is 1. The largest absolute Gasteiger partial charge is 0.573 e. The lowest BCUT2D eigenvalue weighted by molar-refractivity contribution is -0.166. The van der Waals surface area contributed by atoms with Gasteiger partial charge in [0.05, 0.1) is 17.4 Å². The first-order chi connectivity index (χ1) is 12.0. The fraction of sp³-hybridized carbons (Fsp3) is 0.0667. The Bertz CT molecular complexity index is 1070. The molecule has 0 aliphatic carbocycles.